The number of rotatable bonds is 9. The molecule has 0 saturated carbocycles. The third kappa shape index (κ3) is 5.36. The fraction of sp³-hybridized carbons (Fsp3) is 0.733. The van der Waals surface area contributed by atoms with Gasteiger partial charge in [0.2, 0.25) is 0 Å². The SMILES string of the molecule is CCOC(=O)C(C)(CCCCSc1nc(C)c(C)o1)NC. The highest BCUT2D eigenvalue weighted by molar-refractivity contribution is 7.99. The summed E-state index contributed by atoms with van der Waals surface area (Å²) in [5.74, 6) is 1.63. The van der Waals surface area contributed by atoms with Crippen LogP contribution in [0.25, 0.3) is 0 Å². The summed E-state index contributed by atoms with van der Waals surface area (Å²) in [5.41, 5.74) is 0.346. The second-order valence-corrected chi connectivity index (χ2v) is 6.28. The molecule has 1 aromatic rings. The molecule has 0 aromatic carbocycles. The van der Waals surface area contributed by atoms with Gasteiger partial charge in [-0.3, -0.25) is 4.79 Å². The number of hydrogen-bond acceptors (Lipinski definition) is 6. The van der Waals surface area contributed by atoms with Crippen molar-refractivity contribution in [2.75, 3.05) is 19.4 Å². The summed E-state index contributed by atoms with van der Waals surface area (Å²) in [6.07, 6.45) is 2.70. The second-order valence-electron chi connectivity index (χ2n) is 5.23. The van der Waals surface area contributed by atoms with Gasteiger partial charge in [0.15, 0.2) is 0 Å². The number of nitrogens with zero attached hydrogens (tertiary/aromatic N) is 1. The van der Waals surface area contributed by atoms with Crippen molar-refractivity contribution < 1.29 is 13.9 Å². The van der Waals surface area contributed by atoms with Gasteiger partial charge < -0.3 is 14.5 Å². The Hall–Kier alpha value is -1.01. The van der Waals surface area contributed by atoms with Crippen LogP contribution >= 0.6 is 11.8 Å². The van der Waals surface area contributed by atoms with Crippen LogP contribution in [-0.2, 0) is 9.53 Å². The van der Waals surface area contributed by atoms with E-state index in [1.54, 1.807) is 18.8 Å². The molecule has 0 saturated heterocycles. The lowest BCUT2D eigenvalue weighted by molar-refractivity contribution is -0.150. The van der Waals surface area contributed by atoms with E-state index in [0.717, 1.165) is 41.7 Å². The first-order valence-electron chi connectivity index (χ1n) is 7.36. The molecule has 0 amide bonds. The number of likely N-dealkylation sites (N-methyl/N-ethyl adjacent to an activating group) is 1. The number of carbonyl (C=O) groups excluding carboxylic acids is 1. The monoisotopic (exact) mass is 314 g/mol. The molecule has 1 heterocycles. The van der Waals surface area contributed by atoms with Gasteiger partial charge in [0, 0.05) is 5.75 Å². The number of ether oxygens (including phenoxy) is 1. The molecule has 0 fully saturated rings. The zero-order chi connectivity index (χ0) is 15.9. The molecule has 120 valence electrons. The van der Waals surface area contributed by atoms with E-state index in [2.05, 4.69) is 10.3 Å². The normalized spacial score (nSPS) is 14.0. The number of thioether (sulfide) groups is 1. The molecule has 21 heavy (non-hydrogen) atoms. The van der Waals surface area contributed by atoms with Gasteiger partial charge in [-0.1, -0.05) is 18.2 Å². The molecule has 1 atom stereocenters. The van der Waals surface area contributed by atoms with Crippen LogP contribution in [0.4, 0.5) is 0 Å². The number of oxazole rings is 1. The third-order valence-electron chi connectivity index (χ3n) is 3.58. The highest BCUT2D eigenvalue weighted by atomic mass is 32.2. The van der Waals surface area contributed by atoms with E-state index in [4.69, 9.17) is 9.15 Å². The van der Waals surface area contributed by atoms with E-state index in [0.29, 0.717) is 6.61 Å². The molecule has 0 spiro atoms. The van der Waals surface area contributed by atoms with Crippen LogP contribution in [0.5, 0.6) is 0 Å². The zero-order valence-corrected chi connectivity index (χ0v) is 14.4. The van der Waals surface area contributed by atoms with Crippen LogP contribution in [0.3, 0.4) is 0 Å². The average Bonchev–Trinajstić information content (AvgIpc) is 2.77. The molecule has 1 rings (SSSR count). The van der Waals surface area contributed by atoms with Crippen LogP contribution < -0.4 is 5.32 Å². The minimum Gasteiger partial charge on any atom is -0.465 e. The summed E-state index contributed by atoms with van der Waals surface area (Å²) in [6, 6.07) is 0. The quantitative estimate of drug-likeness (QED) is 0.429. The first-order chi connectivity index (χ1) is 9.92. The molecule has 1 N–H and O–H groups in total. The Bertz CT molecular complexity index is 442. The molecular formula is C15H26N2O3S. The van der Waals surface area contributed by atoms with Gasteiger partial charge >= 0.3 is 5.97 Å². The molecule has 6 heteroatoms. The Balaban J connectivity index is 2.30. The number of nitrogens with one attached hydrogen (secondary N) is 1. The van der Waals surface area contributed by atoms with Crippen LogP contribution in [0.15, 0.2) is 9.64 Å². The van der Waals surface area contributed by atoms with Crippen LogP contribution in [0.2, 0.25) is 0 Å². The molecule has 0 aliphatic carbocycles. The number of esters is 1. The molecule has 0 aliphatic rings. The highest BCUT2D eigenvalue weighted by Gasteiger charge is 2.32. The lowest BCUT2D eigenvalue weighted by atomic mass is 9.95. The van der Waals surface area contributed by atoms with Crippen LogP contribution in [0.1, 0.15) is 44.6 Å². The van der Waals surface area contributed by atoms with Crippen molar-refractivity contribution in [2.24, 2.45) is 0 Å². The maximum absolute atomic E-state index is 11.9. The summed E-state index contributed by atoms with van der Waals surface area (Å²) in [7, 11) is 1.80. The Labute approximate surface area is 131 Å². The van der Waals surface area contributed by atoms with Crippen LogP contribution in [0, 0.1) is 13.8 Å². The van der Waals surface area contributed by atoms with Gasteiger partial charge in [-0.2, -0.15) is 0 Å². The number of aromatic nitrogens is 1. The average molecular weight is 314 g/mol. The number of hydrogen-bond donors (Lipinski definition) is 1. The first-order valence-corrected chi connectivity index (χ1v) is 8.34. The standard InChI is InChI=1S/C15H26N2O3S/c1-6-19-13(18)15(4,16-5)9-7-8-10-21-14-17-11(2)12(3)20-14/h16H,6-10H2,1-5H3. The lowest BCUT2D eigenvalue weighted by Crippen LogP contribution is -2.48. The smallest absolute Gasteiger partial charge is 0.326 e. The topological polar surface area (TPSA) is 64.4 Å². The predicted octanol–water partition coefficient (Wildman–Crippen LogP) is 3.10. The zero-order valence-electron chi connectivity index (χ0n) is 13.6. The highest BCUT2D eigenvalue weighted by Crippen LogP contribution is 2.23. The summed E-state index contributed by atoms with van der Waals surface area (Å²) in [4.78, 5) is 16.2. The molecule has 5 nitrogen and oxygen atoms in total. The van der Waals surface area contributed by atoms with Crippen molar-refractivity contribution in [2.45, 2.75) is 57.7 Å². The first kappa shape index (κ1) is 18.0. The number of unbranched alkanes of at least 4 members (excludes halogenated alkanes) is 1. The Morgan fingerprint density at radius 3 is 2.67 bits per heavy atom. The maximum Gasteiger partial charge on any atom is 0.326 e. The van der Waals surface area contributed by atoms with Crippen LogP contribution in [-0.4, -0.2) is 35.9 Å². The van der Waals surface area contributed by atoms with E-state index in [9.17, 15) is 4.79 Å². The largest absolute Gasteiger partial charge is 0.465 e. The van der Waals surface area contributed by atoms with Gasteiger partial charge in [0.05, 0.1) is 12.3 Å². The lowest BCUT2D eigenvalue weighted by Gasteiger charge is -2.26. The number of aryl methyl sites for hydroxylation is 2. The van der Waals surface area contributed by atoms with Crippen molar-refractivity contribution in [1.29, 1.82) is 0 Å². The van der Waals surface area contributed by atoms with Crippen molar-refractivity contribution in [1.82, 2.24) is 10.3 Å². The maximum atomic E-state index is 11.9. The summed E-state index contributed by atoms with van der Waals surface area (Å²) in [6.45, 7) is 7.99. The molecule has 1 unspecified atom stereocenters. The van der Waals surface area contributed by atoms with Gasteiger partial charge in [-0.05, 0) is 47.6 Å². The van der Waals surface area contributed by atoms with Crippen molar-refractivity contribution in [3.63, 3.8) is 0 Å². The van der Waals surface area contributed by atoms with Crippen molar-refractivity contribution in [3.8, 4) is 0 Å². The van der Waals surface area contributed by atoms with Gasteiger partial charge in [-0.25, -0.2) is 4.98 Å². The number of carbonyl (C=O) groups is 1. The van der Waals surface area contributed by atoms with Gasteiger partial charge in [0.1, 0.15) is 11.3 Å². The Morgan fingerprint density at radius 2 is 2.14 bits per heavy atom. The predicted molar refractivity (Wildman–Crippen MR) is 84.6 cm³/mol. The Kier molecular flexibility index (Phi) is 7.25. The van der Waals surface area contributed by atoms with Gasteiger partial charge in [0.25, 0.3) is 5.22 Å². The molecule has 1 aromatic heterocycles. The van der Waals surface area contributed by atoms with Gasteiger partial charge in [-0.15, -0.1) is 0 Å². The van der Waals surface area contributed by atoms with E-state index in [1.807, 2.05) is 27.7 Å². The molecule has 0 aliphatic heterocycles. The minimum atomic E-state index is -0.600. The fourth-order valence-electron chi connectivity index (χ4n) is 1.86. The minimum absolute atomic E-state index is 0.181. The summed E-state index contributed by atoms with van der Waals surface area (Å²) >= 11 is 1.62. The summed E-state index contributed by atoms with van der Waals surface area (Å²) in [5, 5.41) is 3.80. The third-order valence-corrected chi connectivity index (χ3v) is 4.50. The molecule has 0 radical (unpaired) electrons. The van der Waals surface area contributed by atoms with E-state index < -0.39 is 5.54 Å². The molecular weight excluding hydrogens is 288 g/mol. The van der Waals surface area contributed by atoms with Crippen molar-refractivity contribution >= 4 is 17.7 Å². The van der Waals surface area contributed by atoms with E-state index in [-0.39, 0.29) is 5.97 Å². The Morgan fingerprint density at radius 1 is 1.43 bits per heavy atom. The fourth-order valence-corrected chi connectivity index (χ4v) is 2.77. The van der Waals surface area contributed by atoms with E-state index >= 15 is 0 Å². The van der Waals surface area contributed by atoms with Crippen molar-refractivity contribution in [3.05, 3.63) is 11.5 Å². The summed E-state index contributed by atoms with van der Waals surface area (Å²) < 4.78 is 10.6. The van der Waals surface area contributed by atoms with E-state index in [1.165, 1.54) is 0 Å². The second kappa shape index (κ2) is 8.44. The molecule has 0 bridgehead atoms.